The molecule has 0 amide bonds. The molecule has 0 saturated heterocycles. The van der Waals surface area contributed by atoms with Crippen LogP contribution in [0.5, 0.6) is 0 Å². The third kappa shape index (κ3) is 1.62. The van der Waals surface area contributed by atoms with Crippen LogP contribution in [-0.4, -0.2) is 17.7 Å². The second-order valence-corrected chi connectivity index (χ2v) is 8.57. The number of H-pyrrole nitrogens is 1. The lowest BCUT2D eigenvalue weighted by molar-refractivity contribution is 0.884. The highest BCUT2D eigenvalue weighted by Crippen LogP contribution is 2.00. The van der Waals surface area contributed by atoms with Gasteiger partial charge in [-0.1, -0.05) is 0 Å². The van der Waals surface area contributed by atoms with Gasteiger partial charge in [-0.25, -0.2) is 0 Å². The average molecular weight is 170 g/mol. The van der Waals surface area contributed by atoms with Crippen molar-refractivity contribution in [1.29, 1.82) is 0 Å². The molecule has 1 aromatic heterocycles. The van der Waals surface area contributed by atoms with Gasteiger partial charge < -0.3 is 5.10 Å². The summed E-state index contributed by atoms with van der Waals surface area (Å²) in [4.78, 5) is 11.3. The van der Waals surface area contributed by atoms with E-state index in [9.17, 15) is 4.79 Å². The SMILES string of the molecule is Cc1cc(=O)n([Si](C)(C)C)[nH]1. The quantitative estimate of drug-likeness (QED) is 0.631. The molecule has 11 heavy (non-hydrogen) atoms. The summed E-state index contributed by atoms with van der Waals surface area (Å²) < 4.78 is 1.77. The summed E-state index contributed by atoms with van der Waals surface area (Å²) in [6.45, 7) is 8.29. The standard InChI is InChI=1S/C7H14N2OSi/c1-6-5-7(10)9(8-6)11(2,3)4/h5,8H,1-4H3. The molecule has 0 radical (unpaired) electrons. The van der Waals surface area contributed by atoms with Gasteiger partial charge in [-0.15, -0.1) is 0 Å². The van der Waals surface area contributed by atoms with Crippen molar-refractivity contribution < 1.29 is 0 Å². The van der Waals surface area contributed by atoms with E-state index >= 15 is 0 Å². The fraction of sp³-hybridized carbons (Fsp3) is 0.571. The van der Waals surface area contributed by atoms with E-state index < -0.39 is 8.24 Å². The Balaban J connectivity index is 3.25. The summed E-state index contributed by atoms with van der Waals surface area (Å²) in [5, 5.41) is 3.05. The summed E-state index contributed by atoms with van der Waals surface area (Å²) in [5.74, 6) is 0. The second kappa shape index (κ2) is 2.37. The molecule has 0 aliphatic carbocycles. The first-order valence-corrected chi connectivity index (χ1v) is 7.15. The number of rotatable bonds is 1. The third-order valence-electron chi connectivity index (χ3n) is 1.52. The maximum absolute atomic E-state index is 11.3. The van der Waals surface area contributed by atoms with E-state index in [2.05, 4.69) is 24.7 Å². The molecule has 0 unspecified atom stereocenters. The van der Waals surface area contributed by atoms with E-state index in [0.29, 0.717) is 0 Å². The Hall–Kier alpha value is -0.773. The number of hydrogen-bond donors (Lipinski definition) is 1. The Labute approximate surface area is 67.1 Å². The number of aromatic nitrogens is 2. The van der Waals surface area contributed by atoms with Crippen LogP contribution < -0.4 is 5.56 Å². The summed E-state index contributed by atoms with van der Waals surface area (Å²) in [5.41, 5.74) is 1.04. The first-order valence-electron chi connectivity index (χ1n) is 3.70. The summed E-state index contributed by atoms with van der Waals surface area (Å²) in [7, 11) is -1.51. The average Bonchev–Trinajstić information content (AvgIpc) is 2.08. The van der Waals surface area contributed by atoms with Crippen LogP contribution in [0, 0.1) is 6.92 Å². The van der Waals surface area contributed by atoms with Crippen molar-refractivity contribution in [1.82, 2.24) is 9.45 Å². The molecule has 4 heteroatoms. The molecule has 0 aromatic carbocycles. The maximum Gasteiger partial charge on any atom is 0.258 e. The first kappa shape index (κ1) is 8.32. The zero-order valence-corrected chi connectivity index (χ0v) is 8.43. The minimum atomic E-state index is -1.51. The predicted molar refractivity (Wildman–Crippen MR) is 48.5 cm³/mol. The predicted octanol–water partition coefficient (Wildman–Crippen LogP) is 1.17. The molecule has 0 spiro atoms. The lowest BCUT2D eigenvalue weighted by Gasteiger charge is -2.15. The van der Waals surface area contributed by atoms with Crippen LogP contribution in [0.1, 0.15) is 5.69 Å². The van der Waals surface area contributed by atoms with Gasteiger partial charge in [-0.3, -0.25) is 9.14 Å². The lowest BCUT2D eigenvalue weighted by Crippen LogP contribution is -2.40. The summed E-state index contributed by atoms with van der Waals surface area (Å²) in [6.07, 6.45) is 0. The van der Waals surface area contributed by atoms with E-state index in [-0.39, 0.29) is 5.56 Å². The van der Waals surface area contributed by atoms with Gasteiger partial charge in [-0.05, 0) is 26.6 Å². The van der Waals surface area contributed by atoms with Crippen LogP contribution in [0.15, 0.2) is 10.9 Å². The molecule has 62 valence electrons. The molecular formula is C7H14N2OSi. The number of nitrogens with zero attached hydrogens (tertiary/aromatic N) is 1. The molecule has 1 N–H and O–H groups in total. The molecule has 1 aromatic rings. The van der Waals surface area contributed by atoms with Crippen LogP contribution in [0.25, 0.3) is 0 Å². The highest BCUT2D eigenvalue weighted by molar-refractivity contribution is 6.74. The Kier molecular flexibility index (Phi) is 1.79. The zero-order valence-electron chi connectivity index (χ0n) is 7.43. The van der Waals surface area contributed by atoms with Crippen molar-refractivity contribution in [2.45, 2.75) is 26.6 Å². The molecule has 3 nitrogen and oxygen atoms in total. The van der Waals surface area contributed by atoms with Crippen molar-refractivity contribution in [3.63, 3.8) is 0 Å². The molecule has 0 aliphatic rings. The number of hydrogen-bond acceptors (Lipinski definition) is 1. The fourth-order valence-electron chi connectivity index (χ4n) is 1.01. The monoisotopic (exact) mass is 170 g/mol. The Bertz CT molecular complexity index is 305. The number of aromatic amines is 1. The fourth-order valence-corrected chi connectivity index (χ4v) is 2.25. The normalized spacial score (nSPS) is 12.0. The van der Waals surface area contributed by atoms with Gasteiger partial charge in [0.25, 0.3) is 5.56 Å². The minimum Gasteiger partial charge on any atom is -0.308 e. The van der Waals surface area contributed by atoms with Gasteiger partial charge >= 0.3 is 0 Å². The van der Waals surface area contributed by atoms with Gasteiger partial charge in [0, 0.05) is 11.8 Å². The van der Waals surface area contributed by atoms with E-state index in [4.69, 9.17) is 0 Å². The highest BCUT2D eigenvalue weighted by Gasteiger charge is 2.18. The summed E-state index contributed by atoms with van der Waals surface area (Å²) >= 11 is 0. The molecule has 1 heterocycles. The number of aryl methyl sites for hydroxylation is 1. The summed E-state index contributed by atoms with van der Waals surface area (Å²) in [6, 6.07) is 1.64. The largest absolute Gasteiger partial charge is 0.308 e. The van der Waals surface area contributed by atoms with E-state index in [0.717, 1.165) is 5.69 Å². The van der Waals surface area contributed by atoms with Gasteiger partial charge in [0.15, 0.2) is 8.24 Å². The van der Waals surface area contributed by atoms with Crippen LogP contribution in [-0.2, 0) is 0 Å². The van der Waals surface area contributed by atoms with E-state index in [1.54, 1.807) is 10.4 Å². The van der Waals surface area contributed by atoms with Crippen LogP contribution >= 0.6 is 0 Å². The second-order valence-electron chi connectivity index (χ2n) is 3.78. The molecule has 1 rings (SSSR count). The topological polar surface area (TPSA) is 37.8 Å². The molecule has 0 fully saturated rings. The van der Waals surface area contributed by atoms with Crippen molar-refractivity contribution in [3.05, 3.63) is 22.1 Å². The van der Waals surface area contributed by atoms with Crippen LogP contribution in [0.4, 0.5) is 0 Å². The molecule has 0 saturated carbocycles. The Morgan fingerprint density at radius 2 is 2.00 bits per heavy atom. The third-order valence-corrected chi connectivity index (χ3v) is 3.19. The van der Waals surface area contributed by atoms with Crippen molar-refractivity contribution in [3.8, 4) is 0 Å². The van der Waals surface area contributed by atoms with Crippen molar-refractivity contribution in [2.75, 3.05) is 0 Å². The van der Waals surface area contributed by atoms with Crippen LogP contribution in [0.3, 0.4) is 0 Å². The minimum absolute atomic E-state index is 0.0988. The molecular weight excluding hydrogens is 156 g/mol. The Morgan fingerprint density at radius 1 is 1.45 bits per heavy atom. The lowest BCUT2D eigenvalue weighted by atomic mass is 10.5. The molecule has 0 aliphatic heterocycles. The Morgan fingerprint density at radius 3 is 2.18 bits per heavy atom. The molecule has 0 bridgehead atoms. The van der Waals surface area contributed by atoms with Crippen molar-refractivity contribution in [2.24, 2.45) is 0 Å². The van der Waals surface area contributed by atoms with Gasteiger partial charge in [0.2, 0.25) is 0 Å². The highest BCUT2D eigenvalue weighted by atomic mass is 28.3. The van der Waals surface area contributed by atoms with Gasteiger partial charge in [0.1, 0.15) is 0 Å². The maximum atomic E-state index is 11.3. The number of nitrogens with one attached hydrogen (secondary N) is 1. The van der Waals surface area contributed by atoms with E-state index in [1.807, 2.05) is 6.92 Å². The molecule has 0 atom stereocenters. The van der Waals surface area contributed by atoms with Gasteiger partial charge in [0.05, 0.1) is 0 Å². The first-order chi connectivity index (χ1) is 4.91. The van der Waals surface area contributed by atoms with Gasteiger partial charge in [-0.2, -0.15) is 0 Å². The smallest absolute Gasteiger partial charge is 0.258 e. The zero-order chi connectivity index (χ0) is 8.65. The van der Waals surface area contributed by atoms with Crippen LogP contribution in [0.2, 0.25) is 19.6 Å². The van der Waals surface area contributed by atoms with E-state index in [1.165, 1.54) is 0 Å². The van der Waals surface area contributed by atoms with Crippen molar-refractivity contribution >= 4 is 8.24 Å².